The lowest BCUT2D eigenvalue weighted by molar-refractivity contribution is 0.0935. The van der Waals surface area contributed by atoms with E-state index in [1.807, 2.05) is 42.5 Å². The van der Waals surface area contributed by atoms with Gasteiger partial charge in [0.05, 0.1) is 12.6 Å². The quantitative estimate of drug-likeness (QED) is 0.692. The highest BCUT2D eigenvalue weighted by atomic mass is 16.5. The van der Waals surface area contributed by atoms with E-state index in [4.69, 9.17) is 4.74 Å². The highest BCUT2D eigenvalue weighted by Crippen LogP contribution is 2.20. The second-order valence-corrected chi connectivity index (χ2v) is 6.23. The van der Waals surface area contributed by atoms with Crippen LogP contribution < -0.4 is 10.1 Å². The third kappa shape index (κ3) is 5.60. The summed E-state index contributed by atoms with van der Waals surface area (Å²) >= 11 is 0. The molecule has 0 aliphatic heterocycles. The fourth-order valence-electron chi connectivity index (χ4n) is 3.01. The molecule has 2 aromatic rings. The number of likely N-dealkylation sites (N-methyl/N-ethyl adjacent to an activating group) is 1. The number of nitrogens with one attached hydrogen (secondary N) is 1. The maximum absolute atomic E-state index is 12.5. The van der Waals surface area contributed by atoms with Crippen LogP contribution in [-0.4, -0.2) is 37.0 Å². The Morgan fingerprint density at radius 2 is 1.65 bits per heavy atom. The van der Waals surface area contributed by atoms with Crippen molar-refractivity contribution in [2.45, 2.75) is 33.2 Å². The Hall–Kier alpha value is -2.33. The van der Waals surface area contributed by atoms with Crippen molar-refractivity contribution < 1.29 is 9.53 Å². The van der Waals surface area contributed by atoms with Crippen LogP contribution in [0.3, 0.4) is 0 Å². The van der Waals surface area contributed by atoms with Crippen molar-refractivity contribution in [3.05, 3.63) is 65.7 Å². The van der Waals surface area contributed by atoms with E-state index in [-0.39, 0.29) is 11.9 Å². The van der Waals surface area contributed by atoms with Gasteiger partial charge in [-0.1, -0.05) is 51.1 Å². The predicted molar refractivity (Wildman–Crippen MR) is 107 cm³/mol. The summed E-state index contributed by atoms with van der Waals surface area (Å²) in [4.78, 5) is 14.9. The molecule has 1 amide bonds. The van der Waals surface area contributed by atoms with Gasteiger partial charge in [0.1, 0.15) is 5.75 Å². The summed E-state index contributed by atoms with van der Waals surface area (Å²) in [6.45, 7) is 9.52. The summed E-state index contributed by atoms with van der Waals surface area (Å²) in [5.74, 6) is 0.744. The van der Waals surface area contributed by atoms with Gasteiger partial charge in [-0.2, -0.15) is 0 Å². The van der Waals surface area contributed by atoms with Crippen molar-refractivity contribution in [2.24, 2.45) is 0 Å². The average molecular weight is 354 g/mol. The summed E-state index contributed by atoms with van der Waals surface area (Å²) in [6.07, 6.45) is 0.967. The number of amides is 1. The number of carbonyl (C=O) groups is 1. The van der Waals surface area contributed by atoms with E-state index in [2.05, 4.69) is 43.1 Å². The van der Waals surface area contributed by atoms with Crippen LogP contribution in [0.4, 0.5) is 0 Å². The van der Waals surface area contributed by atoms with Gasteiger partial charge in [-0.25, -0.2) is 0 Å². The molecule has 0 aliphatic carbocycles. The number of hydrogen-bond acceptors (Lipinski definition) is 3. The molecule has 1 unspecified atom stereocenters. The zero-order valence-corrected chi connectivity index (χ0v) is 16.1. The lowest BCUT2D eigenvalue weighted by Crippen LogP contribution is -2.38. The Kier molecular flexibility index (Phi) is 8.16. The SMILES string of the molecule is CCCOc1ccc(C(=O)NCC(c2ccccc2)N(CC)CC)cc1. The summed E-state index contributed by atoms with van der Waals surface area (Å²) < 4.78 is 5.57. The fourth-order valence-corrected chi connectivity index (χ4v) is 3.01. The number of rotatable bonds is 10. The third-order valence-corrected chi connectivity index (χ3v) is 4.48. The highest BCUT2D eigenvalue weighted by Gasteiger charge is 2.19. The molecule has 0 aromatic heterocycles. The molecule has 0 bridgehead atoms. The molecule has 26 heavy (non-hydrogen) atoms. The molecule has 140 valence electrons. The topological polar surface area (TPSA) is 41.6 Å². The monoisotopic (exact) mass is 354 g/mol. The molecule has 4 nitrogen and oxygen atoms in total. The Morgan fingerprint density at radius 3 is 2.23 bits per heavy atom. The third-order valence-electron chi connectivity index (χ3n) is 4.48. The maximum atomic E-state index is 12.5. The van der Waals surface area contributed by atoms with Crippen LogP contribution in [0.5, 0.6) is 5.75 Å². The van der Waals surface area contributed by atoms with Crippen LogP contribution in [0.1, 0.15) is 49.2 Å². The number of benzene rings is 2. The normalized spacial score (nSPS) is 12.0. The van der Waals surface area contributed by atoms with Crippen LogP contribution in [0, 0.1) is 0 Å². The summed E-state index contributed by atoms with van der Waals surface area (Å²) in [5, 5.41) is 3.09. The van der Waals surface area contributed by atoms with Gasteiger partial charge in [0, 0.05) is 12.1 Å². The van der Waals surface area contributed by atoms with Gasteiger partial charge < -0.3 is 10.1 Å². The predicted octanol–water partition coefficient (Wildman–Crippen LogP) is 4.29. The lowest BCUT2D eigenvalue weighted by atomic mass is 10.0. The van der Waals surface area contributed by atoms with E-state index in [0.717, 1.165) is 25.3 Å². The van der Waals surface area contributed by atoms with Gasteiger partial charge in [0.2, 0.25) is 0 Å². The van der Waals surface area contributed by atoms with Gasteiger partial charge in [0.25, 0.3) is 5.91 Å². The van der Waals surface area contributed by atoms with E-state index >= 15 is 0 Å². The van der Waals surface area contributed by atoms with Gasteiger partial charge in [-0.15, -0.1) is 0 Å². The molecule has 4 heteroatoms. The van der Waals surface area contributed by atoms with E-state index in [1.165, 1.54) is 5.56 Å². The first kappa shape index (κ1) is 20.0. The molecule has 0 spiro atoms. The Morgan fingerprint density at radius 1 is 1.00 bits per heavy atom. The van der Waals surface area contributed by atoms with E-state index in [9.17, 15) is 4.79 Å². The van der Waals surface area contributed by atoms with Gasteiger partial charge in [-0.3, -0.25) is 9.69 Å². The molecule has 0 saturated heterocycles. The molecule has 2 aromatic carbocycles. The van der Waals surface area contributed by atoms with Crippen LogP contribution in [-0.2, 0) is 0 Å². The van der Waals surface area contributed by atoms with Crippen molar-refractivity contribution in [1.82, 2.24) is 10.2 Å². The van der Waals surface area contributed by atoms with Gasteiger partial charge in [-0.05, 0) is 49.3 Å². The summed E-state index contributed by atoms with van der Waals surface area (Å²) in [5.41, 5.74) is 1.88. The average Bonchev–Trinajstić information content (AvgIpc) is 2.70. The first-order chi connectivity index (χ1) is 12.7. The van der Waals surface area contributed by atoms with E-state index in [1.54, 1.807) is 0 Å². The molecule has 0 fully saturated rings. The lowest BCUT2D eigenvalue weighted by Gasteiger charge is -2.30. The van der Waals surface area contributed by atoms with E-state index in [0.29, 0.717) is 18.7 Å². The molecule has 0 saturated carbocycles. The van der Waals surface area contributed by atoms with Crippen LogP contribution in [0.25, 0.3) is 0 Å². The van der Waals surface area contributed by atoms with Crippen molar-refractivity contribution in [3.8, 4) is 5.75 Å². The minimum atomic E-state index is -0.0554. The number of nitrogens with zero attached hydrogens (tertiary/aromatic N) is 1. The first-order valence-electron chi connectivity index (χ1n) is 9.49. The van der Waals surface area contributed by atoms with Gasteiger partial charge in [0.15, 0.2) is 0 Å². The molecule has 2 rings (SSSR count). The number of carbonyl (C=O) groups excluding carboxylic acids is 1. The van der Waals surface area contributed by atoms with Gasteiger partial charge >= 0.3 is 0 Å². The Bertz CT molecular complexity index is 652. The standard InChI is InChI=1S/C22H30N2O2/c1-4-16-26-20-14-12-19(13-15-20)22(25)23-17-21(24(5-2)6-3)18-10-8-7-9-11-18/h7-15,21H,4-6,16-17H2,1-3H3,(H,23,25). The molecular weight excluding hydrogens is 324 g/mol. The molecule has 0 aliphatic rings. The molecule has 1 atom stereocenters. The summed E-state index contributed by atoms with van der Waals surface area (Å²) in [7, 11) is 0. The largest absolute Gasteiger partial charge is 0.494 e. The van der Waals surface area contributed by atoms with Crippen molar-refractivity contribution >= 4 is 5.91 Å². The molecule has 1 N–H and O–H groups in total. The second-order valence-electron chi connectivity index (χ2n) is 6.23. The number of hydrogen-bond donors (Lipinski definition) is 1. The maximum Gasteiger partial charge on any atom is 0.251 e. The Balaban J connectivity index is 2.02. The van der Waals surface area contributed by atoms with Crippen molar-refractivity contribution in [2.75, 3.05) is 26.2 Å². The Labute approximate surface area is 157 Å². The van der Waals surface area contributed by atoms with Crippen molar-refractivity contribution in [3.63, 3.8) is 0 Å². The zero-order chi connectivity index (χ0) is 18.8. The van der Waals surface area contributed by atoms with Crippen LogP contribution in [0.15, 0.2) is 54.6 Å². The molecule has 0 radical (unpaired) electrons. The minimum Gasteiger partial charge on any atom is -0.494 e. The van der Waals surface area contributed by atoms with Crippen LogP contribution >= 0.6 is 0 Å². The minimum absolute atomic E-state index is 0.0554. The molecule has 0 heterocycles. The highest BCUT2D eigenvalue weighted by molar-refractivity contribution is 5.94. The number of ether oxygens (including phenoxy) is 1. The molecular formula is C22H30N2O2. The first-order valence-corrected chi connectivity index (χ1v) is 9.49. The zero-order valence-electron chi connectivity index (χ0n) is 16.1. The summed E-state index contributed by atoms with van der Waals surface area (Å²) in [6, 6.07) is 17.8. The second kappa shape index (κ2) is 10.6. The fraction of sp³-hybridized carbons (Fsp3) is 0.409. The van der Waals surface area contributed by atoms with Crippen LogP contribution in [0.2, 0.25) is 0 Å². The van der Waals surface area contributed by atoms with E-state index < -0.39 is 0 Å². The smallest absolute Gasteiger partial charge is 0.251 e. The van der Waals surface area contributed by atoms with Crippen molar-refractivity contribution in [1.29, 1.82) is 0 Å².